The van der Waals surface area contributed by atoms with Gasteiger partial charge in [0, 0.05) is 30.2 Å². The lowest BCUT2D eigenvalue weighted by atomic mass is 9.98. The predicted octanol–water partition coefficient (Wildman–Crippen LogP) is 5.04. The first-order valence-corrected chi connectivity index (χ1v) is 9.58. The van der Waals surface area contributed by atoms with Crippen LogP contribution in [-0.4, -0.2) is 23.8 Å². The molecule has 1 aromatic heterocycles. The number of pyridine rings is 1. The highest BCUT2D eigenvalue weighted by atomic mass is 16.2. The normalized spacial score (nSPS) is 10.7. The Kier molecular flexibility index (Phi) is 6.07. The fourth-order valence-corrected chi connectivity index (χ4v) is 3.16. The molecule has 0 radical (unpaired) electrons. The van der Waals surface area contributed by atoms with Crippen LogP contribution < -0.4 is 10.2 Å². The van der Waals surface area contributed by atoms with Crippen LogP contribution in [0.3, 0.4) is 0 Å². The second-order valence-corrected chi connectivity index (χ2v) is 7.28. The van der Waals surface area contributed by atoms with Crippen molar-refractivity contribution in [2.45, 2.75) is 26.7 Å². The third-order valence-electron chi connectivity index (χ3n) is 4.85. The first-order valence-electron chi connectivity index (χ1n) is 9.58. The SMILES string of the molecule is Cc1cccc(C(C)C)c1NC(=O)c1ccnc(C(=O)N(C)c2ccccc2)c1. The molecular formula is C24H25N3O2. The number of para-hydroxylation sites is 2. The maximum Gasteiger partial charge on any atom is 0.276 e. The van der Waals surface area contributed by atoms with E-state index >= 15 is 0 Å². The third-order valence-corrected chi connectivity index (χ3v) is 4.85. The van der Waals surface area contributed by atoms with Gasteiger partial charge in [-0.15, -0.1) is 0 Å². The zero-order valence-electron chi connectivity index (χ0n) is 17.1. The number of hydrogen-bond acceptors (Lipinski definition) is 3. The van der Waals surface area contributed by atoms with E-state index in [1.807, 2.05) is 55.5 Å². The molecule has 0 aliphatic heterocycles. The molecule has 5 nitrogen and oxygen atoms in total. The molecule has 29 heavy (non-hydrogen) atoms. The number of carbonyl (C=O) groups excluding carboxylic acids is 2. The van der Waals surface area contributed by atoms with Gasteiger partial charge in [0.2, 0.25) is 0 Å². The molecule has 0 spiro atoms. The largest absolute Gasteiger partial charge is 0.321 e. The van der Waals surface area contributed by atoms with Gasteiger partial charge in [0.25, 0.3) is 11.8 Å². The van der Waals surface area contributed by atoms with Crippen LogP contribution in [0.4, 0.5) is 11.4 Å². The summed E-state index contributed by atoms with van der Waals surface area (Å²) in [6.45, 7) is 6.15. The Labute approximate surface area is 171 Å². The van der Waals surface area contributed by atoms with E-state index in [1.165, 1.54) is 17.2 Å². The van der Waals surface area contributed by atoms with Crippen molar-refractivity contribution in [3.63, 3.8) is 0 Å². The first-order chi connectivity index (χ1) is 13.9. The van der Waals surface area contributed by atoms with Crippen LogP contribution in [-0.2, 0) is 0 Å². The lowest BCUT2D eigenvalue weighted by molar-refractivity contribution is 0.0988. The van der Waals surface area contributed by atoms with Gasteiger partial charge in [0.15, 0.2) is 0 Å². The van der Waals surface area contributed by atoms with E-state index in [0.717, 1.165) is 22.5 Å². The average Bonchev–Trinajstić information content (AvgIpc) is 2.74. The Bertz CT molecular complexity index is 1030. The highest BCUT2D eigenvalue weighted by Crippen LogP contribution is 2.28. The number of aromatic nitrogens is 1. The smallest absolute Gasteiger partial charge is 0.276 e. The van der Waals surface area contributed by atoms with E-state index in [9.17, 15) is 9.59 Å². The number of aryl methyl sites for hydroxylation is 1. The van der Waals surface area contributed by atoms with Crippen molar-refractivity contribution < 1.29 is 9.59 Å². The standard InChI is InChI=1S/C24H25N3O2/c1-16(2)20-12-8-9-17(3)22(20)26-23(28)18-13-14-25-21(15-18)24(29)27(4)19-10-6-5-7-11-19/h5-16H,1-4H3,(H,26,28). The van der Waals surface area contributed by atoms with Crippen molar-refractivity contribution in [3.8, 4) is 0 Å². The monoisotopic (exact) mass is 387 g/mol. The first kappa shape index (κ1) is 20.3. The second kappa shape index (κ2) is 8.69. The van der Waals surface area contributed by atoms with E-state index < -0.39 is 0 Å². The van der Waals surface area contributed by atoms with Crippen LogP contribution >= 0.6 is 0 Å². The lowest BCUT2D eigenvalue weighted by Gasteiger charge is -2.18. The van der Waals surface area contributed by atoms with E-state index in [-0.39, 0.29) is 23.4 Å². The van der Waals surface area contributed by atoms with Gasteiger partial charge in [0.1, 0.15) is 5.69 Å². The molecule has 0 fully saturated rings. The molecule has 0 unspecified atom stereocenters. The van der Waals surface area contributed by atoms with Gasteiger partial charge in [0.05, 0.1) is 0 Å². The van der Waals surface area contributed by atoms with Crippen LogP contribution in [0.5, 0.6) is 0 Å². The molecule has 0 aliphatic carbocycles. The zero-order chi connectivity index (χ0) is 21.0. The van der Waals surface area contributed by atoms with E-state index in [2.05, 4.69) is 24.1 Å². The van der Waals surface area contributed by atoms with Crippen molar-refractivity contribution in [2.24, 2.45) is 0 Å². The molecule has 0 saturated heterocycles. The topological polar surface area (TPSA) is 62.3 Å². The van der Waals surface area contributed by atoms with Crippen molar-refractivity contribution >= 4 is 23.2 Å². The Morgan fingerprint density at radius 2 is 1.72 bits per heavy atom. The van der Waals surface area contributed by atoms with Crippen molar-refractivity contribution in [1.29, 1.82) is 0 Å². The minimum Gasteiger partial charge on any atom is -0.321 e. The maximum atomic E-state index is 12.9. The average molecular weight is 387 g/mol. The zero-order valence-corrected chi connectivity index (χ0v) is 17.1. The Balaban J connectivity index is 1.85. The summed E-state index contributed by atoms with van der Waals surface area (Å²) in [4.78, 5) is 31.4. The number of carbonyl (C=O) groups is 2. The highest BCUT2D eigenvalue weighted by molar-refractivity contribution is 6.08. The summed E-state index contributed by atoms with van der Waals surface area (Å²) in [5, 5.41) is 3.01. The van der Waals surface area contributed by atoms with Crippen LogP contribution in [0.2, 0.25) is 0 Å². The fourth-order valence-electron chi connectivity index (χ4n) is 3.16. The summed E-state index contributed by atoms with van der Waals surface area (Å²) in [5.41, 5.74) is 4.26. The second-order valence-electron chi connectivity index (χ2n) is 7.28. The van der Waals surface area contributed by atoms with E-state index in [0.29, 0.717) is 5.56 Å². The fraction of sp³-hybridized carbons (Fsp3) is 0.208. The molecule has 0 atom stereocenters. The number of anilines is 2. The summed E-state index contributed by atoms with van der Waals surface area (Å²) in [6, 6.07) is 18.4. The number of benzene rings is 2. The molecule has 2 amide bonds. The molecule has 3 rings (SSSR count). The van der Waals surface area contributed by atoms with E-state index in [4.69, 9.17) is 0 Å². The van der Waals surface area contributed by atoms with Crippen molar-refractivity contribution in [1.82, 2.24) is 4.98 Å². The number of nitrogens with one attached hydrogen (secondary N) is 1. The van der Waals surface area contributed by atoms with Crippen LogP contribution in [0.1, 0.15) is 51.7 Å². The molecule has 5 heteroatoms. The van der Waals surface area contributed by atoms with Crippen molar-refractivity contribution in [3.05, 3.63) is 89.2 Å². The van der Waals surface area contributed by atoms with Crippen LogP contribution in [0, 0.1) is 6.92 Å². The lowest BCUT2D eigenvalue weighted by Crippen LogP contribution is -2.27. The van der Waals surface area contributed by atoms with Gasteiger partial charge < -0.3 is 10.2 Å². The maximum absolute atomic E-state index is 12.9. The predicted molar refractivity (Wildman–Crippen MR) is 117 cm³/mol. The number of nitrogens with zero attached hydrogens (tertiary/aromatic N) is 2. The minimum absolute atomic E-state index is 0.220. The summed E-state index contributed by atoms with van der Waals surface area (Å²) in [7, 11) is 1.69. The molecule has 0 bridgehead atoms. The van der Waals surface area contributed by atoms with Gasteiger partial charge in [-0.05, 0) is 48.2 Å². The van der Waals surface area contributed by atoms with Crippen molar-refractivity contribution in [2.75, 3.05) is 17.3 Å². The molecule has 3 aromatic rings. The molecule has 1 N–H and O–H groups in total. The number of amides is 2. The quantitative estimate of drug-likeness (QED) is 0.667. The summed E-state index contributed by atoms with van der Waals surface area (Å²) >= 11 is 0. The number of hydrogen-bond donors (Lipinski definition) is 1. The Morgan fingerprint density at radius 3 is 2.41 bits per heavy atom. The number of rotatable bonds is 5. The molecule has 148 valence electrons. The minimum atomic E-state index is -0.274. The van der Waals surface area contributed by atoms with Crippen LogP contribution in [0.15, 0.2) is 66.9 Å². The van der Waals surface area contributed by atoms with Gasteiger partial charge in [-0.25, -0.2) is 0 Å². The molecule has 0 saturated carbocycles. The summed E-state index contributed by atoms with van der Waals surface area (Å²) in [5.74, 6) is -0.260. The molecule has 1 heterocycles. The van der Waals surface area contributed by atoms with Gasteiger partial charge in [-0.2, -0.15) is 0 Å². The summed E-state index contributed by atoms with van der Waals surface area (Å²) in [6.07, 6.45) is 1.49. The Morgan fingerprint density at radius 1 is 1.00 bits per heavy atom. The van der Waals surface area contributed by atoms with Gasteiger partial charge in [-0.3, -0.25) is 14.6 Å². The van der Waals surface area contributed by atoms with Gasteiger partial charge in [-0.1, -0.05) is 50.2 Å². The molecule has 0 aliphatic rings. The molecular weight excluding hydrogens is 362 g/mol. The van der Waals surface area contributed by atoms with E-state index in [1.54, 1.807) is 13.1 Å². The van der Waals surface area contributed by atoms with Gasteiger partial charge >= 0.3 is 0 Å². The Hall–Kier alpha value is -3.47. The third kappa shape index (κ3) is 4.51. The highest BCUT2D eigenvalue weighted by Gasteiger charge is 2.18. The van der Waals surface area contributed by atoms with Crippen LogP contribution in [0.25, 0.3) is 0 Å². The molecule has 2 aromatic carbocycles. The summed E-state index contributed by atoms with van der Waals surface area (Å²) < 4.78 is 0.